The van der Waals surface area contributed by atoms with Crippen LogP contribution in [0.15, 0.2) is 291 Å². The summed E-state index contributed by atoms with van der Waals surface area (Å²) in [6, 6.07) is 109. The topological polar surface area (TPSA) is 19.7 Å². The molecule has 12 aromatic carbocycles. The zero-order chi connectivity index (χ0) is 50.6. The lowest BCUT2D eigenvalue weighted by Crippen LogP contribution is -2.75. The first-order valence-electron chi connectivity index (χ1n) is 26.6. The molecule has 0 N–H and O–H groups in total. The van der Waals surface area contributed by atoms with Gasteiger partial charge in [0.05, 0.1) is 44.1 Å². The number of hydrogen-bond acceptors (Lipinski definition) is 0. The van der Waals surface area contributed by atoms with E-state index < -0.39 is 8.07 Å². The van der Waals surface area contributed by atoms with Gasteiger partial charge in [-0.25, -0.2) is 0 Å². The third-order valence-electron chi connectivity index (χ3n) is 16.4. The third kappa shape index (κ3) is 6.38. The van der Waals surface area contributed by atoms with Crippen LogP contribution in [0.4, 0.5) is 0 Å². The van der Waals surface area contributed by atoms with Crippen LogP contribution in [0.1, 0.15) is 0 Å². The Morgan fingerprint density at radius 2 is 0.351 bits per heavy atom. The van der Waals surface area contributed by atoms with Crippen molar-refractivity contribution in [2.75, 3.05) is 0 Å². The molecule has 16 rings (SSSR count). The molecule has 0 fully saturated rings. The van der Waals surface area contributed by atoms with E-state index in [1.54, 1.807) is 0 Å². The van der Waals surface area contributed by atoms with E-state index in [1.807, 2.05) is 0 Å². The second kappa shape index (κ2) is 17.0. The summed E-state index contributed by atoms with van der Waals surface area (Å²) in [5, 5.41) is 15.0. The number of hydrogen-bond donors (Lipinski definition) is 0. The molecule has 360 valence electrons. The average Bonchev–Trinajstić information content (AvgIpc) is 4.33. The number of benzene rings is 12. The van der Waals surface area contributed by atoms with Crippen molar-refractivity contribution in [1.29, 1.82) is 0 Å². The highest BCUT2D eigenvalue weighted by Crippen LogP contribution is 2.38. The van der Waals surface area contributed by atoms with Gasteiger partial charge in [0.2, 0.25) is 0 Å². The molecule has 0 aliphatic carbocycles. The highest BCUT2D eigenvalue weighted by Gasteiger charge is 2.43. The van der Waals surface area contributed by atoms with Gasteiger partial charge in [0.25, 0.3) is 0 Å². The molecular formula is C72H48N4Si. The van der Waals surface area contributed by atoms with E-state index in [-0.39, 0.29) is 0 Å². The van der Waals surface area contributed by atoms with Crippen LogP contribution in [0, 0.1) is 0 Å². The number of rotatable bonds is 8. The molecule has 4 nitrogen and oxygen atoms in total. The minimum Gasteiger partial charge on any atom is -0.309 e. The number of nitrogens with zero attached hydrogens (tertiary/aromatic N) is 4. The SMILES string of the molecule is c1ccc([Si](c2ccccc2)(c2cc(-n3c4ccccc4c4ccccc43)cc(-n3c4ccccc4c4ccccc43)c2)c2cc(-n3c4ccccc4c4ccccc43)cc(-n3c4ccccc4c4ccccc43)c2)cc1. The second-order valence-electron chi connectivity index (χ2n) is 20.4. The number of aromatic nitrogens is 4. The molecule has 4 aromatic heterocycles. The van der Waals surface area contributed by atoms with Crippen molar-refractivity contribution in [3.05, 3.63) is 291 Å². The van der Waals surface area contributed by atoms with Gasteiger partial charge in [0.1, 0.15) is 0 Å². The summed E-state index contributed by atoms with van der Waals surface area (Å²) in [5.41, 5.74) is 13.8. The summed E-state index contributed by atoms with van der Waals surface area (Å²) in [6.45, 7) is 0. The molecule has 0 radical (unpaired) electrons. The summed E-state index contributed by atoms with van der Waals surface area (Å²) in [5.74, 6) is 0. The molecule has 16 aromatic rings. The van der Waals surface area contributed by atoms with Gasteiger partial charge in [0.15, 0.2) is 8.07 Å². The zero-order valence-corrected chi connectivity index (χ0v) is 43.0. The average molecular weight is 997 g/mol. The predicted molar refractivity (Wildman–Crippen MR) is 327 cm³/mol. The molecule has 0 saturated carbocycles. The van der Waals surface area contributed by atoms with Gasteiger partial charge < -0.3 is 18.3 Å². The molecule has 0 aliphatic heterocycles. The van der Waals surface area contributed by atoms with Gasteiger partial charge in [-0.1, -0.05) is 206 Å². The van der Waals surface area contributed by atoms with Crippen LogP contribution in [0.5, 0.6) is 0 Å². The lowest BCUT2D eigenvalue weighted by Gasteiger charge is -2.36. The van der Waals surface area contributed by atoms with E-state index in [2.05, 4.69) is 309 Å². The van der Waals surface area contributed by atoms with Crippen molar-refractivity contribution >= 4 is 116 Å². The molecule has 0 saturated heterocycles. The van der Waals surface area contributed by atoms with Gasteiger partial charge >= 0.3 is 0 Å². The molecule has 4 heterocycles. The van der Waals surface area contributed by atoms with Crippen LogP contribution in [0.25, 0.3) is 110 Å². The Balaban J connectivity index is 1.11. The minimum absolute atomic E-state index is 1.11. The first kappa shape index (κ1) is 43.5. The Morgan fingerprint density at radius 1 is 0.169 bits per heavy atom. The smallest absolute Gasteiger partial charge is 0.179 e. The molecule has 0 atom stereocenters. The largest absolute Gasteiger partial charge is 0.309 e. The van der Waals surface area contributed by atoms with Crippen LogP contribution < -0.4 is 20.7 Å². The van der Waals surface area contributed by atoms with E-state index in [4.69, 9.17) is 0 Å². The van der Waals surface area contributed by atoms with E-state index in [1.165, 1.54) is 108 Å². The monoisotopic (exact) mass is 996 g/mol. The van der Waals surface area contributed by atoms with Gasteiger partial charge in [-0.15, -0.1) is 0 Å². The Morgan fingerprint density at radius 3 is 0.558 bits per heavy atom. The van der Waals surface area contributed by atoms with Crippen LogP contribution in [-0.4, -0.2) is 26.3 Å². The highest BCUT2D eigenvalue weighted by molar-refractivity contribution is 7.20. The van der Waals surface area contributed by atoms with Crippen LogP contribution >= 0.6 is 0 Å². The van der Waals surface area contributed by atoms with Gasteiger partial charge in [-0.2, -0.15) is 0 Å². The Kier molecular flexibility index (Phi) is 9.62. The van der Waals surface area contributed by atoms with E-state index in [9.17, 15) is 0 Å². The van der Waals surface area contributed by atoms with Gasteiger partial charge in [-0.3, -0.25) is 0 Å². The highest BCUT2D eigenvalue weighted by atomic mass is 28.3. The van der Waals surface area contributed by atoms with Crippen molar-refractivity contribution in [2.24, 2.45) is 0 Å². The standard InChI is InChI=1S/C72H48N4Si/c1-3-23-53(24-4-1)77(54-25-5-2-6-26-54,55-45-49(73-65-35-15-7-27-57(65)58-28-8-16-36-66(58)73)43-50(46-55)74-67-37-17-9-29-59(67)60-30-10-18-38-68(60)74)56-47-51(75-69-39-19-11-31-61(69)62-32-12-20-40-70(62)75)44-52(48-56)76-71-41-21-13-33-63(71)64-34-14-22-42-72(64)76/h1-48H. The zero-order valence-electron chi connectivity index (χ0n) is 42.0. The molecule has 0 amide bonds. The summed E-state index contributed by atoms with van der Waals surface area (Å²) in [4.78, 5) is 0. The Bertz CT molecular complexity index is 4200. The summed E-state index contributed by atoms with van der Waals surface area (Å²) in [6.07, 6.45) is 0. The molecule has 77 heavy (non-hydrogen) atoms. The van der Waals surface area contributed by atoms with E-state index in [0.29, 0.717) is 0 Å². The van der Waals surface area contributed by atoms with Crippen LogP contribution in [0.2, 0.25) is 0 Å². The van der Waals surface area contributed by atoms with Crippen molar-refractivity contribution in [3.63, 3.8) is 0 Å². The molecule has 5 heteroatoms. The minimum atomic E-state index is -3.47. The normalized spacial score (nSPS) is 12.2. The maximum Gasteiger partial charge on any atom is 0.179 e. The first-order chi connectivity index (χ1) is 38.2. The van der Waals surface area contributed by atoms with Crippen molar-refractivity contribution in [2.45, 2.75) is 0 Å². The van der Waals surface area contributed by atoms with E-state index in [0.717, 1.165) is 22.7 Å². The summed E-state index contributed by atoms with van der Waals surface area (Å²) in [7, 11) is -3.47. The van der Waals surface area contributed by atoms with Crippen LogP contribution in [-0.2, 0) is 0 Å². The maximum absolute atomic E-state index is 3.47. The van der Waals surface area contributed by atoms with Crippen molar-refractivity contribution in [1.82, 2.24) is 18.3 Å². The molecule has 0 spiro atoms. The summed E-state index contributed by atoms with van der Waals surface area (Å²) >= 11 is 0. The molecular weight excluding hydrogens is 949 g/mol. The van der Waals surface area contributed by atoms with Gasteiger partial charge in [-0.05, 0) is 106 Å². The Labute approximate surface area is 445 Å². The summed E-state index contributed by atoms with van der Waals surface area (Å²) < 4.78 is 10.1. The Hall–Kier alpha value is -9.94. The van der Waals surface area contributed by atoms with Gasteiger partial charge in [0, 0.05) is 65.8 Å². The molecule has 0 unspecified atom stereocenters. The first-order valence-corrected chi connectivity index (χ1v) is 28.6. The maximum atomic E-state index is 2.55. The lowest BCUT2D eigenvalue weighted by molar-refractivity contribution is 1.14. The van der Waals surface area contributed by atoms with Crippen LogP contribution in [0.3, 0.4) is 0 Å². The second-order valence-corrected chi connectivity index (χ2v) is 24.2. The third-order valence-corrected chi connectivity index (χ3v) is 21.1. The number of para-hydroxylation sites is 8. The van der Waals surface area contributed by atoms with E-state index >= 15 is 0 Å². The lowest BCUT2D eigenvalue weighted by atomic mass is 10.2. The van der Waals surface area contributed by atoms with Crippen molar-refractivity contribution < 1.29 is 0 Å². The fourth-order valence-electron chi connectivity index (χ4n) is 13.3. The molecule has 0 aliphatic rings. The number of fused-ring (bicyclic) bond motifs is 12. The quantitative estimate of drug-likeness (QED) is 0.107. The predicted octanol–water partition coefficient (Wildman–Crippen LogP) is 15.5. The fraction of sp³-hybridized carbons (Fsp3) is 0. The fourth-order valence-corrected chi connectivity index (χ4v) is 18.2. The molecule has 0 bridgehead atoms. The van der Waals surface area contributed by atoms with Crippen molar-refractivity contribution in [3.8, 4) is 22.7 Å².